The number of thiophene rings is 1. The molecule has 2 heterocycles. The van der Waals surface area contributed by atoms with Crippen molar-refractivity contribution in [3.8, 4) is 0 Å². The molecule has 144 valence electrons. The Morgan fingerprint density at radius 3 is 2.64 bits per heavy atom. The van der Waals surface area contributed by atoms with Crippen molar-refractivity contribution < 1.29 is 14.0 Å². The standard InChI is InChI=1S/C21H19ClN2O3S/c1-12-4-9-15-17(11-12)28-21(24-19(25)16-3-2-10-27-16)18(15)20(26)23-14-7-5-13(22)6-8-14/h2-3,5-8,10,12H,4,9,11H2,1H3,(H,23,26)(H,24,25)/t12-/m0/s1. The summed E-state index contributed by atoms with van der Waals surface area (Å²) in [5, 5.41) is 6.95. The Morgan fingerprint density at radius 1 is 1.14 bits per heavy atom. The smallest absolute Gasteiger partial charge is 0.291 e. The third kappa shape index (κ3) is 3.84. The zero-order valence-corrected chi connectivity index (χ0v) is 16.8. The molecule has 0 radical (unpaired) electrons. The molecule has 1 aromatic carbocycles. The Hall–Kier alpha value is -2.57. The van der Waals surface area contributed by atoms with Gasteiger partial charge in [0.1, 0.15) is 5.00 Å². The molecule has 5 nitrogen and oxygen atoms in total. The predicted octanol–water partition coefficient (Wildman–Crippen LogP) is 5.62. The van der Waals surface area contributed by atoms with Crippen molar-refractivity contribution in [3.63, 3.8) is 0 Å². The van der Waals surface area contributed by atoms with E-state index in [4.69, 9.17) is 16.0 Å². The topological polar surface area (TPSA) is 71.3 Å². The third-order valence-corrected chi connectivity index (χ3v) is 6.23. The number of rotatable bonds is 4. The van der Waals surface area contributed by atoms with Gasteiger partial charge in [-0.1, -0.05) is 18.5 Å². The minimum Gasteiger partial charge on any atom is -0.459 e. The number of nitrogens with one attached hydrogen (secondary N) is 2. The van der Waals surface area contributed by atoms with Gasteiger partial charge in [-0.25, -0.2) is 0 Å². The fraction of sp³-hybridized carbons (Fsp3) is 0.238. The predicted molar refractivity (Wildman–Crippen MR) is 112 cm³/mol. The highest BCUT2D eigenvalue weighted by Gasteiger charge is 2.29. The summed E-state index contributed by atoms with van der Waals surface area (Å²) < 4.78 is 5.17. The summed E-state index contributed by atoms with van der Waals surface area (Å²) in [6.07, 6.45) is 4.21. The Morgan fingerprint density at radius 2 is 1.93 bits per heavy atom. The number of anilines is 2. The average Bonchev–Trinajstić information content (AvgIpc) is 3.31. The van der Waals surface area contributed by atoms with Crippen molar-refractivity contribution in [1.29, 1.82) is 0 Å². The minimum atomic E-state index is -0.364. The van der Waals surface area contributed by atoms with Crippen LogP contribution in [0.15, 0.2) is 47.1 Å². The number of amides is 2. The monoisotopic (exact) mass is 414 g/mol. The summed E-state index contributed by atoms with van der Waals surface area (Å²) in [7, 11) is 0. The van der Waals surface area contributed by atoms with Crippen LogP contribution < -0.4 is 10.6 Å². The molecule has 0 unspecified atom stereocenters. The van der Waals surface area contributed by atoms with Crippen LogP contribution in [0, 0.1) is 5.92 Å². The van der Waals surface area contributed by atoms with E-state index in [9.17, 15) is 9.59 Å². The fourth-order valence-corrected chi connectivity index (χ4v) is 4.91. The SMILES string of the molecule is C[C@H]1CCc2c(sc(NC(=O)c3ccco3)c2C(=O)Nc2ccc(Cl)cc2)C1. The maximum absolute atomic E-state index is 13.1. The first-order valence-electron chi connectivity index (χ1n) is 9.07. The van der Waals surface area contributed by atoms with Crippen molar-refractivity contribution in [3.05, 3.63) is 69.4 Å². The molecule has 0 spiro atoms. The van der Waals surface area contributed by atoms with Crippen molar-refractivity contribution in [2.45, 2.75) is 26.2 Å². The molecule has 4 rings (SSSR count). The van der Waals surface area contributed by atoms with E-state index in [0.29, 0.717) is 27.2 Å². The van der Waals surface area contributed by atoms with E-state index < -0.39 is 0 Å². The number of halogens is 1. The number of carbonyl (C=O) groups excluding carboxylic acids is 2. The lowest BCUT2D eigenvalue weighted by molar-refractivity contribution is 0.0997. The van der Waals surface area contributed by atoms with Crippen LogP contribution in [0.5, 0.6) is 0 Å². The molecule has 2 amide bonds. The summed E-state index contributed by atoms with van der Waals surface area (Å²) >= 11 is 7.40. The zero-order valence-electron chi connectivity index (χ0n) is 15.3. The van der Waals surface area contributed by atoms with Crippen molar-refractivity contribution >= 4 is 45.4 Å². The zero-order chi connectivity index (χ0) is 19.7. The lowest BCUT2D eigenvalue weighted by Crippen LogP contribution is -2.19. The molecular formula is C21H19ClN2O3S. The number of carbonyl (C=O) groups is 2. The van der Waals surface area contributed by atoms with E-state index in [0.717, 1.165) is 29.7 Å². The number of hydrogen-bond donors (Lipinski definition) is 2. The molecule has 3 aromatic rings. The summed E-state index contributed by atoms with van der Waals surface area (Å²) in [6.45, 7) is 2.21. The van der Waals surface area contributed by atoms with Gasteiger partial charge in [-0.05, 0) is 67.1 Å². The van der Waals surface area contributed by atoms with E-state index in [2.05, 4.69) is 17.6 Å². The van der Waals surface area contributed by atoms with Gasteiger partial charge in [-0.15, -0.1) is 11.3 Å². The number of hydrogen-bond acceptors (Lipinski definition) is 4. The van der Waals surface area contributed by atoms with Gasteiger partial charge in [0.2, 0.25) is 0 Å². The van der Waals surface area contributed by atoms with Crippen LogP contribution in [0.4, 0.5) is 10.7 Å². The largest absolute Gasteiger partial charge is 0.459 e. The molecule has 2 aromatic heterocycles. The highest BCUT2D eigenvalue weighted by Crippen LogP contribution is 2.40. The summed E-state index contributed by atoms with van der Waals surface area (Å²) in [5.41, 5.74) is 2.23. The first-order chi connectivity index (χ1) is 13.5. The first-order valence-corrected chi connectivity index (χ1v) is 10.3. The van der Waals surface area contributed by atoms with Gasteiger partial charge >= 0.3 is 0 Å². The second-order valence-electron chi connectivity index (χ2n) is 6.95. The normalized spacial score (nSPS) is 15.7. The molecule has 7 heteroatoms. The summed E-state index contributed by atoms with van der Waals surface area (Å²) in [4.78, 5) is 26.7. The average molecular weight is 415 g/mol. The molecular weight excluding hydrogens is 396 g/mol. The van der Waals surface area contributed by atoms with Gasteiger partial charge in [-0.2, -0.15) is 0 Å². The molecule has 0 aliphatic heterocycles. The van der Waals surface area contributed by atoms with Gasteiger partial charge in [-0.3, -0.25) is 9.59 Å². The van der Waals surface area contributed by atoms with Crippen molar-refractivity contribution in [2.24, 2.45) is 5.92 Å². The molecule has 28 heavy (non-hydrogen) atoms. The van der Waals surface area contributed by atoms with Crippen LogP contribution in [0.2, 0.25) is 5.02 Å². The van der Waals surface area contributed by atoms with E-state index in [1.807, 2.05) is 0 Å². The molecule has 1 aliphatic carbocycles. The number of benzene rings is 1. The molecule has 0 fully saturated rings. The minimum absolute atomic E-state index is 0.212. The maximum atomic E-state index is 13.1. The van der Waals surface area contributed by atoms with Crippen LogP contribution in [0.25, 0.3) is 0 Å². The van der Waals surface area contributed by atoms with Gasteiger partial charge in [0.05, 0.1) is 11.8 Å². The van der Waals surface area contributed by atoms with Crippen LogP contribution in [0.3, 0.4) is 0 Å². The second-order valence-corrected chi connectivity index (χ2v) is 8.49. The first kappa shape index (κ1) is 18.8. The van der Waals surface area contributed by atoms with Crippen molar-refractivity contribution in [1.82, 2.24) is 0 Å². The number of fused-ring (bicyclic) bond motifs is 1. The molecule has 1 atom stereocenters. The van der Waals surface area contributed by atoms with Crippen molar-refractivity contribution in [2.75, 3.05) is 10.6 Å². The van der Waals surface area contributed by atoms with Gasteiger partial charge in [0.25, 0.3) is 11.8 Å². The third-order valence-electron chi connectivity index (χ3n) is 4.81. The van der Waals surface area contributed by atoms with E-state index >= 15 is 0 Å². The van der Waals surface area contributed by atoms with E-state index in [1.165, 1.54) is 17.6 Å². The van der Waals surface area contributed by atoms with E-state index in [-0.39, 0.29) is 17.6 Å². The van der Waals surface area contributed by atoms with Crippen LogP contribution in [0.1, 0.15) is 44.7 Å². The lowest BCUT2D eigenvalue weighted by Gasteiger charge is -2.18. The Bertz CT molecular complexity index is 1010. The van der Waals surface area contributed by atoms with Gasteiger partial charge in [0, 0.05) is 15.6 Å². The molecule has 0 bridgehead atoms. The molecule has 1 aliphatic rings. The Balaban J connectivity index is 1.66. The van der Waals surface area contributed by atoms with Crippen LogP contribution in [-0.4, -0.2) is 11.8 Å². The van der Waals surface area contributed by atoms with Gasteiger partial charge < -0.3 is 15.1 Å². The van der Waals surface area contributed by atoms with Crippen LogP contribution >= 0.6 is 22.9 Å². The molecule has 2 N–H and O–H groups in total. The van der Waals surface area contributed by atoms with Crippen LogP contribution in [-0.2, 0) is 12.8 Å². The maximum Gasteiger partial charge on any atom is 0.291 e. The number of furan rings is 1. The fourth-order valence-electron chi connectivity index (χ4n) is 3.38. The molecule has 0 saturated heterocycles. The summed E-state index contributed by atoms with van der Waals surface area (Å²) in [5.74, 6) is 0.178. The van der Waals surface area contributed by atoms with Gasteiger partial charge in [0.15, 0.2) is 5.76 Å². The highest BCUT2D eigenvalue weighted by molar-refractivity contribution is 7.17. The molecule has 0 saturated carbocycles. The second kappa shape index (κ2) is 7.81. The quantitative estimate of drug-likeness (QED) is 0.581. The summed E-state index contributed by atoms with van der Waals surface area (Å²) in [6, 6.07) is 10.2. The Labute approximate surface area is 171 Å². The highest BCUT2D eigenvalue weighted by atomic mass is 35.5. The lowest BCUT2D eigenvalue weighted by atomic mass is 9.88. The Kier molecular flexibility index (Phi) is 5.24. The van der Waals surface area contributed by atoms with E-state index in [1.54, 1.807) is 36.4 Å².